The van der Waals surface area contributed by atoms with E-state index in [9.17, 15) is 14.4 Å². The van der Waals surface area contributed by atoms with Gasteiger partial charge in [-0.15, -0.1) is 0 Å². The van der Waals surface area contributed by atoms with E-state index in [1.807, 2.05) is 25.1 Å². The van der Waals surface area contributed by atoms with Crippen LogP contribution in [0.4, 0.5) is 5.69 Å². The Morgan fingerprint density at radius 2 is 1.79 bits per heavy atom. The van der Waals surface area contributed by atoms with Crippen LogP contribution in [0.25, 0.3) is 11.2 Å². The van der Waals surface area contributed by atoms with E-state index in [-0.39, 0.29) is 23.0 Å². The molecule has 0 aliphatic heterocycles. The fourth-order valence-electron chi connectivity index (χ4n) is 3.35. The fraction of sp³-hybridized carbons (Fsp3) is 0.400. The van der Waals surface area contributed by atoms with Crippen molar-refractivity contribution in [1.82, 2.24) is 18.7 Å². The average molecular weight is 383 g/mol. The second-order valence-electron chi connectivity index (χ2n) is 7.39. The molecular weight excluding hydrogens is 358 g/mol. The molecule has 0 bridgehead atoms. The van der Waals surface area contributed by atoms with E-state index in [2.05, 4.69) is 24.1 Å². The predicted molar refractivity (Wildman–Crippen MR) is 109 cm³/mol. The van der Waals surface area contributed by atoms with Crippen molar-refractivity contribution in [3.05, 3.63) is 56.5 Å². The summed E-state index contributed by atoms with van der Waals surface area (Å²) in [6.07, 6.45) is 1.43. The van der Waals surface area contributed by atoms with Crippen LogP contribution in [0.2, 0.25) is 0 Å². The van der Waals surface area contributed by atoms with Crippen LogP contribution >= 0.6 is 0 Å². The molecule has 1 unspecified atom stereocenters. The molecule has 0 spiro atoms. The van der Waals surface area contributed by atoms with Gasteiger partial charge in [-0.3, -0.25) is 18.7 Å². The number of anilines is 1. The minimum absolute atomic E-state index is 0.223. The SMILES string of the molecule is Cc1cccc(C(C)C)c1NC(=O)C(C)n1cnc2c1c(=O)n(C)c(=O)n2C. The lowest BCUT2D eigenvalue weighted by atomic mass is 9.98. The molecule has 0 aliphatic rings. The Balaban J connectivity index is 2.05. The first kappa shape index (κ1) is 19.6. The maximum absolute atomic E-state index is 13.0. The first-order valence-corrected chi connectivity index (χ1v) is 9.18. The maximum Gasteiger partial charge on any atom is 0.332 e. The van der Waals surface area contributed by atoms with E-state index in [1.165, 1.54) is 22.5 Å². The zero-order chi connectivity index (χ0) is 20.7. The highest BCUT2D eigenvalue weighted by Crippen LogP contribution is 2.28. The molecule has 1 amide bonds. The third kappa shape index (κ3) is 3.04. The minimum Gasteiger partial charge on any atom is -0.324 e. The summed E-state index contributed by atoms with van der Waals surface area (Å²) in [6, 6.07) is 5.23. The van der Waals surface area contributed by atoms with Crippen LogP contribution in [-0.4, -0.2) is 24.6 Å². The average Bonchev–Trinajstić information content (AvgIpc) is 3.10. The fourth-order valence-corrected chi connectivity index (χ4v) is 3.35. The first-order chi connectivity index (χ1) is 13.1. The number of carbonyl (C=O) groups is 1. The van der Waals surface area contributed by atoms with Crippen LogP contribution in [0.1, 0.15) is 43.9 Å². The van der Waals surface area contributed by atoms with Gasteiger partial charge >= 0.3 is 5.69 Å². The molecule has 0 saturated heterocycles. The Kier molecular flexibility index (Phi) is 4.97. The van der Waals surface area contributed by atoms with Crippen molar-refractivity contribution in [2.24, 2.45) is 14.1 Å². The van der Waals surface area contributed by atoms with Crippen LogP contribution in [0.15, 0.2) is 34.1 Å². The second-order valence-corrected chi connectivity index (χ2v) is 7.39. The topological polar surface area (TPSA) is 90.9 Å². The van der Waals surface area contributed by atoms with E-state index >= 15 is 0 Å². The van der Waals surface area contributed by atoms with Crippen molar-refractivity contribution in [2.75, 3.05) is 5.32 Å². The number of imidazole rings is 1. The monoisotopic (exact) mass is 383 g/mol. The van der Waals surface area contributed by atoms with E-state index in [1.54, 1.807) is 14.0 Å². The molecular formula is C20H25N5O3. The van der Waals surface area contributed by atoms with Gasteiger partial charge in [0, 0.05) is 19.8 Å². The number of fused-ring (bicyclic) bond motifs is 1. The molecule has 3 rings (SSSR count). The molecule has 1 aromatic carbocycles. The largest absolute Gasteiger partial charge is 0.332 e. The number of para-hydroxylation sites is 1. The smallest absolute Gasteiger partial charge is 0.324 e. The summed E-state index contributed by atoms with van der Waals surface area (Å²) in [4.78, 5) is 41.9. The van der Waals surface area contributed by atoms with Gasteiger partial charge in [-0.1, -0.05) is 32.0 Å². The van der Waals surface area contributed by atoms with Crippen LogP contribution in [0, 0.1) is 6.92 Å². The van der Waals surface area contributed by atoms with Crippen molar-refractivity contribution >= 4 is 22.8 Å². The van der Waals surface area contributed by atoms with Crippen LogP contribution < -0.4 is 16.6 Å². The summed E-state index contributed by atoms with van der Waals surface area (Å²) in [5.74, 6) is -0.00666. The molecule has 8 heteroatoms. The van der Waals surface area contributed by atoms with Crippen LogP contribution in [0.3, 0.4) is 0 Å². The van der Waals surface area contributed by atoms with Gasteiger partial charge in [-0.25, -0.2) is 9.78 Å². The molecule has 1 N–H and O–H groups in total. The van der Waals surface area contributed by atoms with Gasteiger partial charge in [-0.2, -0.15) is 0 Å². The number of benzene rings is 1. The van der Waals surface area contributed by atoms with Gasteiger partial charge in [0.15, 0.2) is 11.2 Å². The Hall–Kier alpha value is -3.16. The highest BCUT2D eigenvalue weighted by atomic mass is 16.2. The summed E-state index contributed by atoms with van der Waals surface area (Å²) in [7, 11) is 2.96. The van der Waals surface area contributed by atoms with Crippen molar-refractivity contribution in [2.45, 2.75) is 39.7 Å². The lowest BCUT2D eigenvalue weighted by Crippen LogP contribution is -2.38. The summed E-state index contributed by atoms with van der Waals surface area (Å²) in [6.45, 7) is 7.79. The Morgan fingerprint density at radius 3 is 2.43 bits per heavy atom. The van der Waals surface area contributed by atoms with Gasteiger partial charge in [0.1, 0.15) is 6.04 Å². The third-order valence-electron chi connectivity index (χ3n) is 5.15. The van der Waals surface area contributed by atoms with Crippen molar-refractivity contribution in [3.63, 3.8) is 0 Å². The standard InChI is InChI=1S/C20H25N5O3/c1-11(2)14-9-7-8-12(3)15(14)22-18(26)13(4)25-10-21-17-16(25)19(27)24(6)20(28)23(17)5/h7-11,13H,1-6H3,(H,22,26). The first-order valence-electron chi connectivity index (χ1n) is 9.18. The van der Waals surface area contributed by atoms with Crippen molar-refractivity contribution in [3.8, 4) is 0 Å². The molecule has 2 aromatic heterocycles. The number of aryl methyl sites for hydroxylation is 2. The van der Waals surface area contributed by atoms with Gasteiger partial charge in [0.25, 0.3) is 5.56 Å². The molecule has 0 fully saturated rings. The highest BCUT2D eigenvalue weighted by Gasteiger charge is 2.23. The van der Waals surface area contributed by atoms with Crippen molar-refractivity contribution < 1.29 is 4.79 Å². The Labute approximate surface area is 162 Å². The molecule has 2 heterocycles. The Bertz CT molecular complexity index is 1180. The third-order valence-corrected chi connectivity index (χ3v) is 5.15. The molecule has 0 saturated carbocycles. The highest BCUT2D eigenvalue weighted by molar-refractivity contribution is 5.95. The number of hydrogen-bond acceptors (Lipinski definition) is 4. The second kappa shape index (κ2) is 7.10. The summed E-state index contributed by atoms with van der Waals surface area (Å²) in [5.41, 5.74) is 2.36. The molecule has 148 valence electrons. The molecule has 1 atom stereocenters. The lowest BCUT2D eigenvalue weighted by Gasteiger charge is -2.19. The normalized spacial score (nSPS) is 12.5. The van der Waals surface area contributed by atoms with E-state index in [4.69, 9.17) is 0 Å². The van der Waals surface area contributed by atoms with Crippen LogP contribution in [-0.2, 0) is 18.9 Å². The number of amides is 1. The predicted octanol–water partition coefficient (Wildman–Crippen LogP) is 2.07. The number of aromatic nitrogens is 4. The summed E-state index contributed by atoms with van der Waals surface area (Å²) in [5, 5.41) is 3.01. The molecule has 8 nitrogen and oxygen atoms in total. The quantitative estimate of drug-likeness (QED) is 0.747. The molecule has 0 aliphatic carbocycles. The number of rotatable bonds is 4. The Morgan fingerprint density at radius 1 is 1.11 bits per heavy atom. The van der Waals surface area contributed by atoms with Gasteiger partial charge in [0.2, 0.25) is 5.91 Å². The number of hydrogen-bond donors (Lipinski definition) is 1. The molecule has 28 heavy (non-hydrogen) atoms. The van der Waals surface area contributed by atoms with Gasteiger partial charge in [-0.05, 0) is 30.9 Å². The zero-order valence-electron chi connectivity index (χ0n) is 17.0. The maximum atomic E-state index is 13.0. The van der Waals surface area contributed by atoms with E-state index in [0.717, 1.165) is 21.4 Å². The molecule has 3 aromatic rings. The summed E-state index contributed by atoms with van der Waals surface area (Å²) < 4.78 is 3.83. The molecule has 0 radical (unpaired) electrons. The number of nitrogens with zero attached hydrogens (tertiary/aromatic N) is 4. The van der Waals surface area contributed by atoms with E-state index < -0.39 is 17.3 Å². The summed E-state index contributed by atoms with van der Waals surface area (Å²) >= 11 is 0. The zero-order valence-corrected chi connectivity index (χ0v) is 17.0. The minimum atomic E-state index is -0.685. The van der Waals surface area contributed by atoms with Crippen LogP contribution in [0.5, 0.6) is 0 Å². The van der Waals surface area contributed by atoms with Gasteiger partial charge < -0.3 is 9.88 Å². The van der Waals surface area contributed by atoms with Gasteiger partial charge in [0.05, 0.1) is 6.33 Å². The lowest BCUT2D eigenvalue weighted by molar-refractivity contribution is -0.118. The number of nitrogens with one attached hydrogen (secondary N) is 1. The number of carbonyl (C=O) groups excluding carboxylic acids is 1. The van der Waals surface area contributed by atoms with Crippen molar-refractivity contribution in [1.29, 1.82) is 0 Å². The van der Waals surface area contributed by atoms with E-state index in [0.29, 0.717) is 0 Å².